The standard InChI is InChI=1S/C45H51N5O10Si/c1-26-41(61(3,4)31-18-16-30(58-2)17-19-31)36(21-22-49-24-34(47-48-49)32(25-51)27-11-7-5-8-12-27)60-45(26)33-23-28(46-42(55)40-38(53)37(52)39(54)43(56)59-40)15-20-35(33)50(44(45)57)29-13-9-6-10-14-29/h5-20,23-24,26,32,36-41,43,51-54,56H,21-22,25H2,1-4H3,(H,46,55)/t26-,32?,36+,37+,38+,39-,40+,41-,43-,45+/m1/s1. The Kier molecular flexibility index (Phi) is 11.7. The van der Waals surface area contributed by atoms with Crippen LogP contribution in [-0.2, 0) is 31.2 Å². The SMILES string of the molecule is COc1ccc([Si](C)(C)[C@H]2[C@H](CCn3cc(C(CO)c4ccccc4)nn3)O[C@@]3(C(=O)N(c4ccccc4)c4ccc(NC(=O)[C@H]5O[C@@H](O)[C@H](O)[C@@H](O)[C@@H]5O)cc43)[C@@H]2C)cc1. The van der Waals surface area contributed by atoms with Gasteiger partial charge in [-0.25, -0.2) is 0 Å². The van der Waals surface area contributed by atoms with Gasteiger partial charge in [0.25, 0.3) is 11.8 Å². The van der Waals surface area contributed by atoms with E-state index in [1.54, 1.807) is 34.9 Å². The summed E-state index contributed by atoms with van der Waals surface area (Å²) in [4.78, 5) is 30.6. The van der Waals surface area contributed by atoms with Crippen molar-refractivity contribution in [3.05, 3.63) is 126 Å². The fourth-order valence-corrected chi connectivity index (χ4v) is 13.7. The van der Waals surface area contributed by atoms with Gasteiger partial charge in [0.15, 0.2) is 18.0 Å². The second-order valence-electron chi connectivity index (χ2n) is 16.6. The van der Waals surface area contributed by atoms with Crippen LogP contribution in [-0.4, -0.2) is 111 Å². The number of aliphatic hydroxyl groups is 5. The molecule has 1 unspecified atom stereocenters. The summed E-state index contributed by atoms with van der Waals surface area (Å²) >= 11 is 0. The van der Waals surface area contributed by atoms with E-state index in [-0.39, 0.29) is 29.7 Å². The predicted octanol–water partition coefficient (Wildman–Crippen LogP) is 3.13. The second kappa shape index (κ2) is 16.9. The summed E-state index contributed by atoms with van der Waals surface area (Å²) in [5.41, 5.74) is 1.91. The molecule has 3 aliphatic heterocycles. The fourth-order valence-electron chi connectivity index (χ4n) is 9.61. The van der Waals surface area contributed by atoms with E-state index in [9.17, 15) is 30.3 Å². The number of aliphatic hydroxyl groups excluding tert-OH is 5. The largest absolute Gasteiger partial charge is 0.497 e. The van der Waals surface area contributed by atoms with Crippen molar-refractivity contribution in [2.45, 2.75) is 86.9 Å². The molecule has 8 rings (SSSR count). The topological polar surface area (TPSA) is 209 Å². The van der Waals surface area contributed by atoms with Crippen LogP contribution in [0.15, 0.2) is 109 Å². The Morgan fingerprint density at radius 2 is 1.62 bits per heavy atom. The zero-order valence-corrected chi connectivity index (χ0v) is 35.3. The lowest BCUT2D eigenvalue weighted by molar-refractivity contribution is -0.274. The molecular formula is C45H51N5O10Si. The first-order chi connectivity index (χ1) is 29.3. The average Bonchev–Trinajstić information content (AvgIpc) is 3.93. The number of hydrogen-bond donors (Lipinski definition) is 6. The summed E-state index contributed by atoms with van der Waals surface area (Å²) in [6.07, 6.45) is -7.21. The van der Waals surface area contributed by atoms with Gasteiger partial charge in [0.1, 0.15) is 24.1 Å². The second-order valence-corrected chi connectivity index (χ2v) is 21.3. The maximum absolute atomic E-state index is 15.4. The summed E-state index contributed by atoms with van der Waals surface area (Å²) < 4.78 is 19.8. The van der Waals surface area contributed by atoms with Crippen LogP contribution in [0, 0.1) is 5.92 Å². The van der Waals surface area contributed by atoms with Gasteiger partial charge in [0.05, 0.1) is 45.2 Å². The van der Waals surface area contributed by atoms with Crippen LogP contribution >= 0.6 is 0 Å². The van der Waals surface area contributed by atoms with Gasteiger partial charge in [-0.2, -0.15) is 0 Å². The third kappa shape index (κ3) is 7.46. The van der Waals surface area contributed by atoms with Gasteiger partial charge < -0.3 is 45.1 Å². The maximum Gasteiger partial charge on any atom is 0.268 e. The van der Waals surface area contributed by atoms with Crippen molar-refractivity contribution in [2.24, 2.45) is 5.92 Å². The molecule has 4 heterocycles. The molecule has 0 bridgehead atoms. The number of carbonyl (C=O) groups is 2. The Balaban J connectivity index is 1.18. The minimum Gasteiger partial charge on any atom is -0.497 e. The van der Waals surface area contributed by atoms with E-state index >= 15 is 4.79 Å². The lowest BCUT2D eigenvalue weighted by Gasteiger charge is -2.37. The van der Waals surface area contributed by atoms with Gasteiger partial charge in [-0.05, 0) is 60.0 Å². The number of aryl methyl sites for hydroxylation is 1. The quantitative estimate of drug-likeness (QED) is 0.100. The molecule has 16 heteroatoms. The number of ether oxygens (including phenoxy) is 3. The highest BCUT2D eigenvalue weighted by Gasteiger charge is 2.66. The normalized spacial score (nSPS) is 27.9. The minimum absolute atomic E-state index is 0.135. The molecule has 61 heavy (non-hydrogen) atoms. The molecule has 5 aromatic rings. The lowest BCUT2D eigenvalue weighted by Crippen LogP contribution is -2.60. The molecule has 2 fully saturated rings. The molecule has 4 aromatic carbocycles. The van der Waals surface area contributed by atoms with Crippen molar-refractivity contribution < 1.29 is 49.3 Å². The Morgan fingerprint density at radius 3 is 2.30 bits per heavy atom. The number of benzene rings is 4. The molecular weight excluding hydrogens is 799 g/mol. The van der Waals surface area contributed by atoms with E-state index in [0.717, 1.165) is 16.5 Å². The first kappa shape index (κ1) is 42.4. The summed E-state index contributed by atoms with van der Waals surface area (Å²) in [6, 6.07) is 32.1. The Labute approximate surface area is 354 Å². The third-order valence-corrected chi connectivity index (χ3v) is 17.2. The Hall–Kier alpha value is -5.30. The summed E-state index contributed by atoms with van der Waals surface area (Å²) in [6.45, 7) is 6.90. The molecule has 6 N–H and O–H groups in total. The molecule has 0 radical (unpaired) electrons. The number of para-hydroxylation sites is 1. The summed E-state index contributed by atoms with van der Waals surface area (Å²) in [5.74, 6) is -1.17. The van der Waals surface area contributed by atoms with Crippen LogP contribution in [0.1, 0.15) is 36.1 Å². The monoisotopic (exact) mass is 849 g/mol. The number of rotatable bonds is 12. The van der Waals surface area contributed by atoms with Crippen LogP contribution in [0.25, 0.3) is 0 Å². The highest BCUT2D eigenvalue weighted by molar-refractivity contribution is 6.91. The predicted molar refractivity (Wildman–Crippen MR) is 227 cm³/mol. The Bertz CT molecular complexity index is 2350. The zero-order valence-electron chi connectivity index (χ0n) is 34.3. The van der Waals surface area contributed by atoms with E-state index < -0.39 is 62.3 Å². The molecule has 0 aliphatic carbocycles. The van der Waals surface area contributed by atoms with E-state index in [1.807, 2.05) is 79.0 Å². The molecule has 3 aliphatic rings. The van der Waals surface area contributed by atoms with E-state index in [4.69, 9.17) is 14.2 Å². The number of fused-ring (bicyclic) bond motifs is 2. The van der Waals surface area contributed by atoms with Gasteiger partial charge in [0, 0.05) is 35.6 Å². The number of nitrogens with one attached hydrogen (secondary N) is 1. The van der Waals surface area contributed by atoms with Crippen molar-refractivity contribution in [3.8, 4) is 5.75 Å². The smallest absolute Gasteiger partial charge is 0.268 e. The van der Waals surface area contributed by atoms with Gasteiger partial charge in [-0.15, -0.1) is 5.10 Å². The van der Waals surface area contributed by atoms with E-state index in [2.05, 4.69) is 47.8 Å². The maximum atomic E-state index is 15.4. The van der Waals surface area contributed by atoms with Gasteiger partial charge in [-0.3, -0.25) is 19.2 Å². The number of hydrogen-bond acceptors (Lipinski definition) is 12. The third-order valence-electron chi connectivity index (χ3n) is 12.8. The molecule has 0 saturated carbocycles. The van der Waals surface area contributed by atoms with E-state index in [0.29, 0.717) is 35.6 Å². The number of aromatic nitrogens is 3. The molecule has 2 saturated heterocycles. The summed E-state index contributed by atoms with van der Waals surface area (Å²) in [7, 11) is -0.928. The van der Waals surface area contributed by atoms with Crippen molar-refractivity contribution in [1.29, 1.82) is 0 Å². The Morgan fingerprint density at radius 1 is 0.934 bits per heavy atom. The van der Waals surface area contributed by atoms with Crippen LogP contribution in [0.4, 0.5) is 17.1 Å². The average molecular weight is 850 g/mol. The lowest BCUT2D eigenvalue weighted by atomic mass is 9.82. The molecule has 320 valence electrons. The highest BCUT2D eigenvalue weighted by Crippen LogP contribution is 2.61. The van der Waals surface area contributed by atoms with Gasteiger partial charge in [0.2, 0.25) is 0 Å². The molecule has 1 spiro atoms. The number of carbonyl (C=O) groups excluding carboxylic acids is 2. The fraction of sp³-hybridized carbons (Fsp3) is 0.378. The van der Waals surface area contributed by atoms with Crippen LogP contribution in [0.5, 0.6) is 5.75 Å². The molecule has 2 amide bonds. The van der Waals surface area contributed by atoms with Crippen LogP contribution < -0.4 is 20.1 Å². The number of methoxy groups -OCH3 is 1. The number of anilines is 3. The number of amides is 2. The zero-order chi connectivity index (χ0) is 43.2. The first-order valence-corrected chi connectivity index (χ1v) is 23.5. The minimum atomic E-state index is -2.55. The molecule has 15 nitrogen and oxygen atoms in total. The van der Waals surface area contributed by atoms with Crippen molar-refractivity contribution >= 4 is 42.1 Å². The van der Waals surface area contributed by atoms with Gasteiger partial charge >= 0.3 is 0 Å². The first-order valence-electron chi connectivity index (χ1n) is 20.4. The van der Waals surface area contributed by atoms with Crippen molar-refractivity contribution in [1.82, 2.24) is 15.0 Å². The number of nitrogens with zero attached hydrogens (tertiary/aromatic N) is 4. The van der Waals surface area contributed by atoms with E-state index in [1.165, 1.54) is 0 Å². The highest BCUT2D eigenvalue weighted by atomic mass is 28.3. The van der Waals surface area contributed by atoms with Gasteiger partial charge in [-0.1, -0.05) is 91.1 Å². The van der Waals surface area contributed by atoms with Crippen molar-refractivity contribution in [2.75, 3.05) is 23.9 Å². The van der Waals surface area contributed by atoms with Crippen LogP contribution in [0.3, 0.4) is 0 Å². The molecule has 10 atom stereocenters. The summed E-state index contributed by atoms with van der Waals surface area (Å²) in [5, 5.41) is 64.1. The van der Waals surface area contributed by atoms with Crippen molar-refractivity contribution in [3.63, 3.8) is 0 Å². The molecule has 1 aromatic heterocycles. The van der Waals surface area contributed by atoms with Crippen LogP contribution in [0.2, 0.25) is 18.6 Å².